The van der Waals surface area contributed by atoms with Gasteiger partial charge in [-0.3, -0.25) is 9.69 Å². The van der Waals surface area contributed by atoms with E-state index < -0.39 is 0 Å². The van der Waals surface area contributed by atoms with Crippen LogP contribution in [0.4, 0.5) is 0 Å². The predicted octanol–water partition coefficient (Wildman–Crippen LogP) is 3.50. The SMILES string of the molecule is CCC(CC)N(CCO)CCC(=O)c1ccc(Br)cc1. The predicted molar refractivity (Wildman–Crippen MR) is 86.1 cm³/mol. The van der Waals surface area contributed by atoms with E-state index in [9.17, 15) is 4.79 Å². The number of halogens is 1. The minimum Gasteiger partial charge on any atom is -0.395 e. The van der Waals surface area contributed by atoms with Crippen molar-refractivity contribution in [2.24, 2.45) is 0 Å². The fraction of sp³-hybridized carbons (Fsp3) is 0.562. The first kappa shape index (κ1) is 17.3. The van der Waals surface area contributed by atoms with Crippen LogP contribution in [0.2, 0.25) is 0 Å². The van der Waals surface area contributed by atoms with Gasteiger partial charge in [-0.25, -0.2) is 0 Å². The highest BCUT2D eigenvalue weighted by atomic mass is 79.9. The number of rotatable bonds is 9. The van der Waals surface area contributed by atoms with Crippen molar-refractivity contribution in [3.05, 3.63) is 34.3 Å². The Kier molecular flexibility index (Phi) is 8.04. The van der Waals surface area contributed by atoms with E-state index in [1.54, 1.807) is 0 Å². The van der Waals surface area contributed by atoms with Gasteiger partial charge in [-0.05, 0) is 25.0 Å². The van der Waals surface area contributed by atoms with Crippen molar-refractivity contribution in [1.29, 1.82) is 0 Å². The van der Waals surface area contributed by atoms with Crippen LogP contribution in [-0.2, 0) is 0 Å². The number of aliphatic hydroxyl groups is 1. The maximum Gasteiger partial charge on any atom is 0.164 e. The second-order valence-electron chi connectivity index (χ2n) is 4.91. The number of carbonyl (C=O) groups is 1. The Balaban J connectivity index is 2.58. The molecule has 1 aromatic rings. The van der Waals surface area contributed by atoms with Crippen molar-refractivity contribution in [3.8, 4) is 0 Å². The van der Waals surface area contributed by atoms with Crippen molar-refractivity contribution in [3.63, 3.8) is 0 Å². The van der Waals surface area contributed by atoms with Gasteiger partial charge in [0.1, 0.15) is 0 Å². The Bertz CT molecular complexity index is 401. The highest BCUT2D eigenvalue weighted by Gasteiger charge is 2.16. The van der Waals surface area contributed by atoms with Crippen LogP contribution in [0.3, 0.4) is 0 Å². The number of Topliss-reactive ketones (excluding diaryl/α,β-unsaturated/α-hetero) is 1. The van der Waals surface area contributed by atoms with E-state index in [-0.39, 0.29) is 12.4 Å². The normalized spacial score (nSPS) is 11.3. The second kappa shape index (κ2) is 9.27. The molecule has 0 heterocycles. The lowest BCUT2D eigenvalue weighted by Gasteiger charge is -2.29. The Labute approximate surface area is 130 Å². The molecule has 0 aliphatic heterocycles. The zero-order valence-electron chi connectivity index (χ0n) is 12.3. The summed E-state index contributed by atoms with van der Waals surface area (Å²) < 4.78 is 0.980. The van der Waals surface area contributed by atoms with Gasteiger partial charge in [-0.15, -0.1) is 0 Å². The summed E-state index contributed by atoms with van der Waals surface area (Å²) in [6.07, 6.45) is 2.59. The van der Waals surface area contributed by atoms with E-state index in [0.29, 0.717) is 25.6 Å². The first-order valence-electron chi connectivity index (χ1n) is 7.26. The highest BCUT2D eigenvalue weighted by molar-refractivity contribution is 9.10. The number of carbonyl (C=O) groups excluding carboxylic acids is 1. The maximum atomic E-state index is 12.2. The first-order chi connectivity index (χ1) is 9.62. The summed E-state index contributed by atoms with van der Waals surface area (Å²) in [5, 5.41) is 9.16. The van der Waals surface area contributed by atoms with Gasteiger partial charge in [0.2, 0.25) is 0 Å². The Hall–Kier alpha value is -0.710. The van der Waals surface area contributed by atoms with Crippen molar-refractivity contribution in [2.45, 2.75) is 39.2 Å². The molecule has 0 amide bonds. The van der Waals surface area contributed by atoms with Crippen LogP contribution < -0.4 is 0 Å². The molecule has 112 valence electrons. The Morgan fingerprint density at radius 3 is 2.30 bits per heavy atom. The highest BCUT2D eigenvalue weighted by Crippen LogP contribution is 2.14. The maximum absolute atomic E-state index is 12.2. The van der Waals surface area contributed by atoms with Crippen molar-refractivity contribution in [2.75, 3.05) is 19.7 Å². The third-order valence-corrected chi connectivity index (χ3v) is 4.17. The van der Waals surface area contributed by atoms with Crippen molar-refractivity contribution in [1.82, 2.24) is 4.90 Å². The third kappa shape index (κ3) is 5.35. The van der Waals surface area contributed by atoms with E-state index in [0.717, 1.165) is 22.9 Å². The lowest BCUT2D eigenvalue weighted by molar-refractivity contribution is 0.0927. The minimum absolute atomic E-state index is 0.142. The van der Waals surface area contributed by atoms with Crippen LogP contribution in [0.15, 0.2) is 28.7 Å². The average molecular weight is 342 g/mol. The quantitative estimate of drug-likeness (QED) is 0.698. The van der Waals surface area contributed by atoms with Crippen LogP contribution in [0.1, 0.15) is 43.5 Å². The number of aliphatic hydroxyl groups excluding tert-OH is 1. The molecule has 0 saturated carbocycles. The smallest absolute Gasteiger partial charge is 0.164 e. The number of ketones is 1. The monoisotopic (exact) mass is 341 g/mol. The molecule has 0 spiro atoms. The van der Waals surface area contributed by atoms with Crippen LogP contribution in [-0.4, -0.2) is 41.5 Å². The van der Waals surface area contributed by atoms with Gasteiger partial charge in [0.25, 0.3) is 0 Å². The molecule has 0 aliphatic rings. The minimum atomic E-state index is 0.142. The molecule has 3 nitrogen and oxygen atoms in total. The fourth-order valence-electron chi connectivity index (χ4n) is 2.44. The van der Waals surface area contributed by atoms with Gasteiger partial charge in [0, 0.05) is 35.6 Å². The van der Waals surface area contributed by atoms with Crippen molar-refractivity contribution >= 4 is 21.7 Å². The molecule has 0 saturated heterocycles. The van der Waals surface area contributed by atoms with Gasteiger partial charge in [0.05, 0.1) is 6.61 Å². The van der Waals surface area contributed by atoms with E-state index in [1.807, 2.05) is 24.3 Å². The van der Waals surface area contributed by atoms with Crippen molar-refractivity contribution < 1.29 is 9.90 Å². The molecule has 0 unspecified atom stereocenters. The lowest BCUT2D eigenvalue weighted by Crippen LogP contribution is -2.38. The van der Waals surface area contributed by atoms with Crippen LogP contribution in [0.5, 0.6) is 0 Å². The Morgan fingerprint density at radius 1 is 1.20 bits per heavy atom. The molecule has 0 radical (unpaired) electrons. The summed E-state index contributed by atoms with van der Waals surface area (Å²) in [6, 6.07) is 7.92. The molecule has 0 bridgehead atoms. The van der Waals surface area contributed by atoms with Gasteiger partial charge >= 0.3 is 0 Å². The number of hydrogen-bond donors (Lipinski definition) is 1. The van der Waals surface area contributed by atoms with Gasteiger partial charge in [-0.1, -0.05) is 41.9 Å². The zero-order valence-corrected chi connectivity index (χ0v) is 13.9. The summed E-state index contributed by atoms with van der Waals surface area (Å²) in [5.41, 5.74) is 0.752. The van der Waals surface area contributed by atoms with Gasteiger partial charge in [-0.2, -0.15) is 0 Å². The topological polar surface area (TPSA) is 40.5 Å². The second-order valence-corrected chi connectivity index (χ2v) is 5.83. The number of benzene rings is 1. The number of nitrogens with zero attached hydrogens (tertiary/aromatic N) is 1. The molecule has 0 aromatic heterocycles. The molecule has 0 fully saturated rings. The molecule has 0 aliphatic carbocycles. The van der Waals surface area contributed by atoms with Crippen LogP contribution in [0, 0.1) is 0 Å². The Morgan fingerprint density at radius 2 is 1.80 bits per heavy atom. The van der Waals surface area contributed by atoms with Gasteiger partial charge < -0.3 is 5.11 Å². The summed E-state index contributed by atoms with van der Waals surface area (Å²) in [5.74, 6) is 0.159. The van der Waals surface area contributed by atoms with E-state index in [4.69, 9.17) is 5.11 Å². The lowest BCUT2D eigenvalue weighted by atomic mass is 10.1. The molecular formula is C16H24BrNO2. The standard InChI is InChI=1S/C16H24BrNO2/c1-3-15(4-2)18(11-12-19)10-9-16(20)13-5-7-14(17)8-6-13/h5-8,15,19H,3-4,9-12H2,1-2H3. The molecule has 20 heavy (non-hydrogen) atoms. The summed E-state index contributed by atoms with van der Waals surface area (Å²) in [4.78, 5) is 14.4. The van der Waals surface area contributed by atoms with E-state index in [2.05, 4.69) is 34.7 Å². The fourth-order valence-corrected chi connectivity index (χ4v) is 2.70. The zero-order chi connectivity index (χ0) is 15.0. The first-order valence-corrected chi connectivity index (χ1v) is 8.05. The van der Waals surface area contributed by atoms with E-state index in [1.165, 1.54) is 0 Å². The molecule has 0 atom stereocenters. The van der Waals surface area contributed by atoms with E-state index >= 15 is 0 Å². The van der Waals surface area contributed by atoms with Crippen LogP contribution in [0.25, 0.3) is 0 Å². The molecule has 4 heteroatoms. The van der Waals surface area contributed by atoms with Crippen LogP contribution >= 0.6 is 15.9 Å². The summed E-state index contributed by atoms with van der Waals surface area (Å²) in [7, 11) is 0. The number of hydrogen-bond acceptors (Lipinski definition) is 3. The molecule has 1 aromatic carbocycles. The molecule has 1 rings (SSSR count). The molecule has 1 N–H and O–H groups in total. The summed E-state index contributed by atoms with van der Waals surface area (Å²) in [6.45, 7) is 5.79. The summed E-state index contributed by atoms with van der Waals surface area (Å²) >= 11 is 3.37. The average Bonchev–Trinajstić information content (AvgIpc) is 2.46. The third-order valence-electron chi connectivity index (χ3n) is 3.64. The largest absolute Gasteiger partial charge is 0.395 e. The van der Waals surface area contributed by atoms with Gasteiger partial charge in [0.15, 0.2) is 5.78 Å². The molecular weight excluding hydrogens is 318 g/mol.